The fraction of sp³-hybridized carbons (Fsp3) is 0.250. The summed E-state index contributed by atoms with van der Waals surface area (Å²) in [6.45, 7) is 1.91. The maximum absolute atomic E-state index is 11.7. The second-order valence-corrected chi connectivity index (χ2v) is 4.94. The predicted molar refractivity (Wildman–Crippen MR) is 76.9 cm³/mol. The Hall–Kier alpha value is -2.16. The van der Waals surface area contributed by atoms with Gasteiger partial charge >= 0.3 is 0 Å². The van der Waals surface area contributed by atoms with Gasteiger partial charge < -0.3 is 5.32 Å². The van der Waals surface area contributed by atoms with E-state index in [1.165, 1.54) is 5.39 Å². The maximum atomic E-state index is 11.7. The number of nitrogens with zero attached hydrogens (tertiary/aromatic N) is 1. The molecule has 1 aromatic carbocycles. The van der Waals surface area contributed by atoms with Gasteiger partial charge in [-0.15, -0.1) is 0 Å². The van der Waals surface area contributed by atoms with Crippen LogP contribution >= 0.6 is 0 Å². The number of fused-ring (bicyclic) bond motifs is 1. The lowest BCUT2D eigenvalue weighted by molar-refractivity contribution is -0.116. The van der Waals surface area contributed by atoms with Crippen molar-refractivity contribution in [3.05, 3.63) is 47.9 Å². The van der Waals surface area contributed by atoms with Crippen LogP contribution < -0.4 is 5.32 Å². The number of Topliss-reactive ketones (excluding diaryl/α,β-unsaturated/α-hetero) is 1. The van der Waals surface area contributed by atoms with Gasteiger partial charge in [-0.2, -0.15) is 0 Å². The van der Waals surface area contributed by atoms with Crippen LogP contribution in [0.15, 0.2) is 47.9 Å². The Labute approximate surface area is 112 Å². The zero-order valence-electron chi connectivity index (χ0n) is 10.9. The number of aromatic nitrogens is 1. The Morgan fingerprint density at radius 3 is 2.95 bits per heavy atom. The zero-order valence-corrected chi connectivity index (χ0v) is 10.9. The SMILES string of the molecule is CC1=C(Nc2ccc3ccncc3c2)CCCC1=O. The average Bonchev–Trinajstić information content (AvgIpc) is 2.44. The van der Waals surface area contributed by atoms with E-state index in [9.17, 15) is 4.79 Å². The van der Waals surface area contributed by atoms with Crippen molar-refractivity contribution in [2.24, 2.45) is 0 Å². The first-order chi connectivity index (χ1) is 9.24. The van der Waals surface area contributed by atoms with E-state index in [1.54, 1.807) is 6.20 Å². The van der Waals surface area contributed by atoms with E-state index in [-0.39, 0.29) is 5.78 Å². The van der Waals surface area contributed by atoms with Crippen LogP contribution in [0.4, 0.5) is 5.69 Å². The summed E-state index contributed by atoms with van der Waals surface area (Å²) in [5.74, 6) is 0.260. The molecule has 1 aromatic heterocycles. The van der Waals surface area contributed by atoms with Crippen LogP contribution in [-0.4, -0.2) is 10.8 Å². The monoisotopic (exact) mass is 252 g/mol. The van der Waals surface area contributed by atoms with Crippen LogP contribution in [0.25, 0.3) is 10.8 Å². The third kappa shape index (κ3) is 2.36. The summed E-state index contributed by atoms with van der Waals surface area (Å²) < 4.78 is 0. The van der Waals surface area contributed by atoms with Crippen LogP contribution in [0.1, 0.15) is 26.2 Å². The molecular weight excluding hydrogens is 236 g/mol. The quantitative estimate of drug-likeness (QED) is 0.886. The number of carbonyl (C=O) groups is 1. The van der Waals surface area contributed by atoms with Gasteiger partial charge in [0.15, 0.2) is 5.78 Å². The molecule has 0 aliphatic heterocycles. The van der Waals surface area contributed by atoms with Gasteiger partial charge in [0.1, 0.15) is 0 Å². The number of anilines is 1. The molecule has 1 N–H and O–H groups in total. The lowest BCUT2D eigenvalue weighted by Crippen LogP contribution is -2.14. The van der Waals surface area contributed by atoms with Gasteiger partial charge in [-0.25, -0.2) is 0 Å². The number of hydrogen-bond acceptors (Lipinski definition) is 3. The fourth-order valence-corrected chi connectivity index (χ4v) is 2.46. The van der Waals surface area contributed by atoms with Gasteiger partial charge in [0.25, 0.3) is 0 Å². The first-order valence-corrected chi connectivity index (χ1v) is 6.58. The molecule has 0 saturated heterocycles. The van der Waals surface area contributed by atoms with Gasteiger partial charge in [0.05, 0.1) is 0 Å². The summed E-state index contributed by atoms with van der Waals surface area (Å²) in [5, 5.41) is 5.66. The third-order valence-corrected chi connectivity index (χ3v) is 3.64. The summed E-state index contributed by atoms with van der Waals surface area (Å²) in [4.78, 5) is 15.8. The molecule has 3 heteroatoms. The molecular formula is C16H16N2O. The van der Waals surface area contributed by atoms with Crippen LogP contribution in [0, 0.1) is 0 Å². The molecule has 3 nitrogen and oxygen atoms in total. The van der Waals surface area contributed by atoms with Crippen LogP contribution in [0.3, 0.4) is 0 Å². The standard InChI is InChI=1S/C16H16N2O/c1-11-15(3-2-4-16(11)19)18-14-6-5-12-7-8-17-10-13(12)9-14/h5-10,18H,2-4H2,1H3. The van der Waals surface area contributed by atoms with Crippen LogP contribution in [0.5, 0.6) is 0 Å². The second-order valence-electron chi connectivity index (χ2n) is 4.94. The first kappa shape index (κ1) is 11.9. The number of ketones is 1. The first-order valence-electron chi connectivity index (χ1n) is 6.58. The number of pyridine rings is 1. The van der Waals surface area contributed by atoms with Gasteiger partial charge in [-0.05, 0) is 43.4 Å². The van der Waals surface area contributed by atoms with Crippen molar-refractivity contribution >= 4 is 22.2 Å². The van der Waals surface area contributed by atoms with E-state index in [0.717, 1.165) is 35.2 Å². The van der Waals surface area contributed by atoms with Gasteiger partial charge in [0, 0.05) is 41.2 Å². The number of rotatable bonds is 2. The average molecular weight is 252 g/mol. The molecule has 0 bridgehead atoms. The smallest absolute Gasteiger partial charge is 0.160 e. The van der Waals surface area contributed by atoms with Gasteiger partial charge in [0.2, 0.25) is 0 Å². The summed E-state index contributed by atoms with van der Waals surface area (Å²) in [6.07, 6.45) is 6.21. The molecule has 3 rings (SSSR count). The third-order valence-electron chi connectivity index (χ3n) is 3.64. The molecule has 0 radical (unpaired) electrons. The van der Waals surface area contributed by atoms with Crippen molar-refractivity contribution < 1.29 is 4.79 Å². The van der Waals surface area contributed by atoms with Crippen molar-refractivity contribution in [1.82, 2.24) is 4.98 Å². The minimum absolute atomic E-state index is 0.260. The summed E-state index contributed by atoms with van der Waals surface area (Å²) in [6, 6.07) is 8.18. The Morgan fingerprint density at radius 1 is 1.16 bits per heavy atom. The van der Waals surface area contributed by atoms with Crippen molar-refractivity contribution in [3.63, 3.8) is 0 Å². The van der Waals surface area contributed by atoms with E-state index in [2.05, 4.69) is 22.4 Å². The minimum Gasteiger partial charge on any atom is -0.359 e. The molecule has 0 atom stereocenters. The molecule has 0 saturated carbocycles. The Balaban J connectivity index is 1.93. The fourth-order valence-electron chi connectivity index (χ4n) is 2.46. The maximum Gasteiger partial charge on any atom is 0.160 e. The van der Waals surface area contributed by atoms with E-state index in [4.69, 9.17) is 0 Å². The van der Waals surface area contributed by atoms with Crippen LogP contribution in [0.2, 0.25) is 0 Å². The number of nitrogens with one attached hydrogen (secondary N) is 1. The molecule has 1 aliphatic carbocycles. The number of hydrogen-bond donors (Lipinski definition) is 1. The molecule has 0 fully saturated rings. The van der Waals surface area contributed by atoms with E-state index in [1.807, 2.05) is 25.3 Å². The highest BCUT2D eigenvalue weighted by atomic mass is 16.1. The number of benzene rings is 1. The van der Waals surface area contributed by atoms with Crippen molar-refractivity contribution in [1.29, 1.82) is 0 Å². The van der Waals surface area contributed by atoms with E-state index >= 15 is 0 Å². The Kier molecular flexibility index (Phi) is 3.03. The van der Waals surface area contributed by atoms with E-state index < -0.39 is 0 Å². The number of allylic oxidation sites excluding steroid dienone is 2. The lowest BCUT2D eigenvalue weighted by atomic mass is 9.96. The molecule has 0 spiro atoms. The topological polar surface area (TPSA) is 42.0 Å². The largest absolute Gasteiger partial charge is 0.359 e. The summed E-state index contributed by atoms with van der Waals surface area (Å²) in [5.41, 5.74) is 2.95. The zero-order chi connectivity index (χ0) is 13.2. The highest BCUT2D eigenvalue weighted by molar-refractivity contribution is 5.97. The van der Waals surface area contributed by atoms with Crippen LogP contribution in [-0.2, 0) is 4.79 Å². The summed E-state index contributed by atoms with van der Waals surface area (Å²) in [7, 11) is 0. The molecule has 19 heavy (non-hydrogen) atoms. The van der Waals surface area contributed by atoms with Crippen molar-refractivity contribution in [3.8, 4) is 0 Å². The van der Waals surface area contributed by atoms with Crippen molar-refractivity contribution in [2.75, 3.05) is 5.32 Å². The normalized spacial score (nSPS) is 15.9. The number of carbonyl (C=O) groups excluding carboxylic acids is 1. The molecule has 0 unspecified atom stereocenters. The lowest BCUT2D eigenvalue weighted by Gasteiger charge is -2.18. The Bertz CT molecular complexity index is 673. The second kappa shape index (κ2) is 4.84. The van der Waals surface area contributed by atoms with Gasteiger partial charge in [-0.3, -0.25) is 9.78 Å². The highest BCUT2D eigenvalue weighted by Gasteiger charge is 2.16. The van der Waals surface area contributed by atoms with Gasteiger partial charge in [-0.1, -0.05) is 6.07 Å². The van der Waals surface area contributed by atoms with E-state index in [0.29, 0.717) is 6.42 Å². The molecule has 0 amide bonds. The highest BCUT2D eigenvalue weighted by Crippen LogP contribution is 2.25. The molecule has 1 aliphatic rings. The summed E-state index contributed by atoms with van der Waals surface area (Å²) >= 11 is 0. The predicted octanol–water partition coefficient (Wildman–Crippen LogP) is 3.67. The Morgan fingerprint density at radius 2 is 2.05 bits per heavy atom. The molecule has 2 aromatic rings. The molecule has 96 valence electrons. The molecule has 1 heterocycles. The van der Waals surface area contributed by atoms with Crippen molar-refractivity contribution in [2.45, 2.75) is 26.2 Å². The minimum atomic E-state index is 0.260.